The van der Waals surface area contributed by atoms with Crippen molar-refractivity contribution in [2.75, 3.05) is 59.7 Å². The van der Waals surface area contributed by atoms with Crippen molar-refractivity contribution in [1.29, 1.82) is 0 Å². The van der Waals surface area contributed by atoms with Crippen LogP contribution in [-0.2, 0) is 19.1 Å². The Kier molecular flexibility index (Phi) is 14.1. The van der Waals surface area contributed by atoms with Crippen molar-refractivity contribution < 1.29 is 23.9 Å². The standard InChI is InChI=1S/C34H57N5O5/c1-12-24(6)25(7)37(10)32(41)28(22(2)3)21-29(40)30(23(4)5)38(11)34(43)44-31(26-13-15-27(35-8)16-14-26)33(42)39-19-17-36(9)18-20-39/h13-16,22-25,28,30-31,35H,12,17-21H2,1-11H3/t24-,25+,28-,30-,31?/m0/s1. The number of likely N-dealkylation sites (N-methyl/N-ethyl adjacent to an activating group) is 2. The molecular formula is C34H57N5O5. The maximum Gasteiger partial charge on any atom is 0.411 e. The highest BCUT2D eigenvalue weighted by molar-refractivity contribution is 5.92. The van der Waals surface area contributed by atoms with Crippen LogP contribution in [-0.4, -0.2) is 110 Å². The summed E-state index contributed by atoms with van der Waals surface area (Å²) in [5.74, 6) is -1.02. The molecule has 1 unspecified atom stereocenters. The van der Waals surface area contributed by atoms with Gasteiger partial charge in [-0.05, 0) is 43.9 Å². The first-order valence-corrected chi connectivity index (χ1v) is 16.1. The number of nitrogens with one attached hydrogen (secondary N) is 1. The third kappa shape index (κ3) is 9.43. The van der Waals surface area contributed by atoms with Gasteiger partial charge in [0, 0.05) is 77.0 Å². The van der Waals surface area contributed by atoms with Crippen molar-refractivity contribution in [3.8, 4) is 0 Å². The van der Waals surface area contributed by atoms with Crippen molar-refractivity contribution in [3.05, 3.63) is 29.8 Å². The first-order valence-electron chi connectivity index (χ1n) is 16.1. The van der Waals surface area contributed by atoms with Crippen LogP contribution < -0.4 is 5.32 Å². The lowest BCUT2D eigenvalue weighted by molar-refractivity contribution is -0.144. The second-order valence-electron chi connectivity index (χ2n) is 13.2. The molecule has 1 aliphatic heterocycles. The fraction of sp³-hybridized carbons (Fsp3) is 0.706. The van der Waals surface area contributed by atoms with Gasteiger partial charge in [-0.15, -0.1) is 0 Å². The van der Waals surface area contributed by atoms with E-state index in [-0.39, 0.29) is 41.9 Å². The number of carbonyl (C=O) groups excluding carboxylic acids is 4. The molecule has 0 aliphatic carbocycles. The molecule has 5 atom stereocenters. The summed E-state index contributed by atoms with van der Waals surface area (Å²) in [6.07, 6.45) is -0.936. The third-order valence-electron chi connectivity index (χ3n) is 9.40. The molecule has 0 saturated carbocycles. The molecule has 3 amide bonds. The van der Waals surface area contributed by atoms with E-state index in [4.69, 9.17) is 4.74 Å². The maximum absolute atomic E-state index is 13.9. The number of hydrogen-bond donors (Lipinski definition) is 1. The normalized spacial score (nSPS) is 17.4. The number of hydrogen-bond acceptors (Lipinski definition) is 7. The van der Waals surface area contributed by atoms with E-state index in [9.17, 15) is 19.2 Å². The number of piperazine rings is 1. The van der Waals surface area contributed by atoms with E-state index in [1.54, 1.807) is 21.9 Å². The van der Waals surface area contributed by atoms with E-state index in [0.717, 1.165) is 25.2 Å². The minimum absolute atomic E-state index is 0.0175. The van der Waals surface area contributed by atoms with E-state index in [2.05, 4.69) is 24.1 Å². The largest absolute Gasteiger partial charge is 0.431 e. The van der Waals surface area contributed by atoms with Crippen LogP contribution in [0.15, 0.2) is 24.3 Å². The zero-order valence-electron chi connectivity index (χ0n) is 28.9. The summed E-state index contributed by atoms with van der Waals surface area (Å²) in [5.41, 5.74) is 1.43. The number of anilines is 1. The van der Waals surface area contributed by atoms with E-state index in [1.807, 2.05) is 67.9 Å². The fourth-order valence-corrected chi connectivity index (χ4v) is 5.74. The third-order valence-corrected chi connectivity index (χ3v) is 9.40. The Morgan fingerprint density at radius 3 is 1.93 bits per heavy atom. The number of ether oxygens (including phenoxy) is 1. The average Bonchev–Trinajstić information content (AvgIpc) is 3.00. The van der Waals surface area contributed by atoms with Crippen LogP contribution in [0.2, 0.25) is 0 Å². The predicted octanol–water partition coefficient (Wildman–Crippen LogP) is 4.76. The highest BCUT2D eigenvalue weighted by atomic mass is 16.6. The topological polar surface area (TPSA) is 102 Å². The van der Waals surface area contributed by atoms with Crippen LogP contribution in [0.4, 0.5) is 10.5 Å². The van der Waals surface area contributed by atoms with Gasteiger partial charge < -0.3 is 29.7 Å². The van der Waals surface area contributed by atoms with Gasteiger partial charge in [0.1, 0.15) is 0 Å². The van der Waals surface area contributed by atoms with Crippen molar-refractivity contribution in [2.45, 2.75) is 79.5 Å². The van der Waals surface area contributed by atoms with Gasteiger partial charge in [0.15, 0.2) is 5.78 Å². The zero-order chi connectivity index (χ0) is 33.3. The first-order chi connectivity index (χ1) is 20.6. The van der Waals surface area contributed by atoms with E-state index < -0.39 is 24.2 Å². The smallest absolute Gasteiger partial charge is 0.411 e. The Labute approximate surface area is 265 Å². The Balaban J connectivity index is 2.29. The first kappa shape index (κ1) is 37.0. The van der Waals surface area contributed by atoms with Crippen LogP contribution in [0.5, 0.6) is 0 Å². The number of ketones is 1. The lowest BCUT2D eigenvalue weighted by atomic mass is 9.84. The van der Waals surface area contributed by atoms with Crippen LogP contribution in [0.25, 0.3) is 0 Å². The Morgan fingerprint density at radius 2 is 1.45 bits per heavy atom. The number of carbonyl (C=O) groups is 4. The maximum atomic E-state index is 13.9. The summed E-state index contributed by atoms with van der Waals surface area (Å²) in [4.78, 5) is 61.8. The van der Waals surface area contributed by atoms with Crippen LogP contribution in [0.3, 0.4) is 0 Å². The van der Waals surface area contributed by atoms with Crippen LogP contribution >= 0.6 is 0 Å². The van der Waals surface area contributed by atoms with Gasteiger partial charge in [0.05, 0.1) is 6.04 Å². The quantitative estimate of drug-likeness (QED) is 0.322. The van der Waals surface area contributed by atoms with Gasteiger partial charge in [-0.25, -0.2) is 4.79 Å². The molecule has 248 valence electrons. The number of rotatable bonds is 14. The Morgan fingerprint density at radius 1 is 0.886 bits per heavy atom. The second kappa shape index (κ2) is 16.8. The lowest BCUT2D eigenvalue weighted by Crippen LogP contribution is -2.51. The van der Waals surface area contributed by atoms with Crippen molar-refractivity contribution in [3.63, 3.8) is 0 Å². The van der Waals surface area contributed by atoms with Gasteiger partial charge >= 0.3 is 6.09 Å². The lowest BCUT2D eigenvalue weighted by Gasteiger charge is -2.36. The van der Waals surface area contributed by atoms with Crippen LogP contribution in [0.1, 0.15) is 73.0 Å². The molecule has 44 heavy (non-hydrogen) atoms. The molecule has 1 heterocycles. The second-order valence-corrected chi connectivity index (χ2v) is 13.2. The molecule has 1 aromatic carbocycles. The molecule has 10 heteroatoms. The highest BCUT2D eigenvalue weighted by Gasteiger charge is 2.38. The SMILES string of the molecule is CC[C@H](C)[C@@H](C)N(C)C(=O)[C@@H](CC(=O)[C@H](C(C)C)N(C)C(=O)OC(C(=O)N1CCN(C)CC1)c1ccc(NC)cc1)C(C)C. The Bertz CT molecular complexity index is 1100. The molecule has 10 nitrogen and oxygen atoms in total. The van der Waals surface area contributed by atoms with Crippen molar-refractivity contribution >= 4 is 29.4 Å². The van der Waals surface area contributed by atoms with E-state index in [0.29, 0.717) is 24.6 Å². The minimum atomic E-state index is -1.15. The summed E-state index contributed by atoms with van der Waals surface area (Å²) in [7, 11) is 7.16. The van der Waals surface area contributed by atoms with Gasteiger partial charge in [-0.3, -0.25) is 14.4 Å². The zero-order valence-corrected chi connectivity index (χ0v) is 28.9. The molecule has 1 aliphatic rings. The molecule has 0 radical (unpaired) electrons. The molecule has 1 N–H and O–H groups in total. The van der Waals surface area contributed by atoms with Crippen molar-refractivity contribution in [2.24, 2.45) is 23.7 Å². The minimum Gasteiger partial charge on any atom is -0.431 e. The van der Waals surface area contributed by atoms with Gasteiger partial charge in [0.25, 0.3) is 5.91 Å². The monoisotopic (exact) mass is 615 g/mol. The number of Topliss-reactive ketones (excluding diaryl/α,β-unsaturated/α-hetero) is 1. The molecule has 0 bridgehead atoms. The summed E-state index contributed by atoms with van der Waals surface area (Å²) in [6.45, 7) is 16.5. The molecule has 1 fully saturated rings. The van der Waals surface area contributed by atoms with E-state index in [1.165, 1.54) is 11.9 Å². The number of amides is 3. The Hall–Kier alpha value is -3.14. The highest BCUT2D eigenvalue weighted by Crippen LogP contribution is 2.27. The number of nitrogens with zero attached hydrogens (tertiary/aromatic N) is 4. The fourth-order valence-electron chi connectivity index (χ4n) is 5.74. The summed E-state index contributed by atoms with van der Waals surface area (Å²) < 4.78 is 5.94. The summed E-state index contributed by atoms with van der Waals surface area (Å²) in [5, 5.41) is 3.06. The molecule has 2 rings (SSSR count). The molecular weight excluding hydrogens is 558 g/mol. The average molecular weight is 616 g/mol. The molecule has 0 aromatic heterocycles. The summed E-state index contributed by atoms with van der Waals surface area (Å²) >= 11 is 0. The van der Waals surface area contributed by atoms with Gasteiger partial charge in [-0.1, -0.05) is 60.1 Å². The van der Waals surface area contributed by atoms with Crippen molar-refractivity contribution in [1.82, 2.24) is 19.6 Å². The molecule has 0 spiro atoms. The predicted molar refractivity (Wildman–Crippen MR) is 175 cm³/mol. The molecule has 1 aromatic rings. The number of benzene rings is 1. The molecule has 1 saturated heterocycles. The van der Waals surface area contributed by atoms with Gasteiger partial charge in [0.2, 0.25) is 12.0 Å². The van der Waals surface area contributed by atoms with E-state index >= 15 is 0 Å². The van der Waals surface area contributed by atoms with Crippen LogP contribution in [0, 0.1) is 23.7 Å². The van der Waals surface area contributed by atoms with Gasteiger partial charge in [-0.2, -0.15) is 0 Å². The summed E-state index contributed by atoms with van der Waals surface area (Å²) in [6, 6.07) is 6.44.